The van der Waals surface area contributed by atoms with Gasteiger partial charge in [0.15, 0.2) is 0 Å². The molecule has 0 amide bonds. The van der Waals surface area contributed by atoms with Gasteiger partial charge in [0, 0.05) is 10.6 Å². The van der Waals surface area contributed by atoms with Gasteiger partial charge in [0.1, 0.15) is 5.82 Å². The third-order valence-corrected chi connectivity index (χ3v) is 2.36. The van der Waals surface area contributed by atoms with E-state index in [-0.39, 0.29) is 5.82 Å². The molecule has 0 bridgehead atoms. The van der Waals surface area contributed by atoms with Gasteiger partial charge in [-0.05, 0) is 24.3 Å². The topological polar surface area (TPSA) is 24.4 Å². The first-order chi connectivity index (χ1) is 8.25. The van der Waals surface area contributed by atoms with Crippen molar-refractivity contribution in [1.82, 2.24) is 0 Å². The molecule has 0 aromatic heterocycles. The minimum atomic E-state index is -0.302. The zero-order chi connectivity index (χ0) is 12.1. The van der Waals surface area contributed by atoms with Gasteiger partial charge < -0.3 is 0 Å². The highest BCUT2D eigenvalue weighted by atomic mass is 35.5. The van der Waals surface area contributed by atoms with Crippen molar-refractivity contribution >= 4 is 23.5 Å². The summed E-state index contributed by atoms with van der Waals surface area (Å²) in [6.45, 7) is 0. The summed E-state index contributed by atoms with van der Waals surface area (Å²) in [4.78, 5) is 0. The molecule has 86 valence electrons. The van der Waals surface area contributed by atoms with Crippen molar-refractivity contribution in [3.05, 3.63) is 64.9 Å². The number of benzene rings is 2. The van der Waals surface area contributed by atoms with Gasteiger partial charge >= 0.3 is 0 Å². The molecule has 2 nitrogen and oxygen atoms in total. The van der Waals surface area contributed by atoms with E-state index in [1.54, 1.807) is 30.3 Å². The molecule has 0 spiro atoms. The summed E-state index contributed by atoms with van der Waals surface area (Å²) in [5, 5.41) is 4.56. The minimum Gasteiger partial charge on any atom is -0.278 e. The molecule has 1 N–H and O–H groups in total. The second kappa shape index (κ2) is 5.46. The van der Waals surface area contributed by atoms with E-state index in [2.05, 4.69) is 10.5 Å². The number of nitrogens with zero attached hydrogens (tertiary/aromatic N) is 1. The fourth-order valence-electron chi connectivity index (χ4n) is 1.31. The van der Waals surface area contributed by atoms with Gasteiger partial charge in [-0.3, -0.25) is 5.43 Å². The number of rotatable bonds is 3. The van der Waals surface area contributed by atoms with Crippen molar-refractivity contribution in [2.45, 2.75) is 0 Å². The van der Waals surface area contributed by atoms with E-state index in [0.29, 0.717) is 10.6 Å². The molecule has 2 rings (SSSR count). The van der Waals surface area contributed by atoms with Crippen LogP contribution in [0.5, 0.6) is 0 Å². The Morgan fingerprint density at radius 2 is 1.94 bits per heavy atom. The lowest BCUT2D eigenvalue weighted by Crippen LogP contribution is -1.92. The van der Waals surface area contributed by atoms with Gasteiger partial charge in [0.2, 0.25) is 0 Å². The number of anilines is 1. The fourth-order valence-corrected chi connectivity index (χ4v) is 1.50. The van der Waals surface area contributed by atoms with Gasteiger partial charge in [-0.2, -0.15) is 5.10 Å². The van der Waals surface area contributed by atoms with Crippen LogP contribution in [0.1, 0.15) is 5.56 Å². The number of hydrogen-bond acceptors (Lipinski definition) is 2. The Morgan fingerprint density at radius 1 is 1.12 bits per heavy atom. The molecule has 0 atom stereocenters. The molecule has 0 radical (unpaired) electrons. The van der Waals surface area contributed by atoms with Crippen LogP contribution in [-0.4, -0.2) is 6.21 Å². The number of hydrogen-bond donors (Lipinski definition) is 1. The number of hydrazone groups is 1. The fraction of sp³-hybridized carbons (Fsp3) is 0. The molecule has 2 aromatic rings. The minimum absolute atomic E-state index is 0.302. The maximum absolute atomic E-state index is 13.2. The highest BCUT2D eigenvalue weighted by Crippen LogP contribution is 2.14. The molecule has 0 aliphatic carbocycles. The van der Waals surface area contributed by atoms with E-state index in [4.69, 9.17) is 11.6 Å². The largest absolute Gasteiger partial charge is 0.278 e. The quantitative estimate of drug-likeness (QED) is 0.646. The number of halogens is 2. The van der Waals surface area contributed by atoms with E-state index in [1.807, 2.05) is 12.1 Å². The second-order valence-electron chi connectivity index (χ2n) is 3.40. The molecular weight excluding hydrogens is 239 g/mol. The SMILES string of the molecule is Fc1ccccc1C=NNc1cccc(Cl)c1. The zero-order valence-electron chi connectivity index (χ0n) is 8.90. The zero-order valence-corrected chi connectivity index (χ0v) is 9.66. The molecule has 0 unspecified atom stereocenters. The van der Waals surface area contributed by atoms with E-state index in [0.717, 1.165) is 5.69 Å². The summed E-state index contributed by atoms with van der Waals surface area (Å²) in [6.07, 6.45) is 1.43. The predicted molar refractivity (Wildman–Crippen MR) is 69.1 cm³/mol. The third-order valence-electron chi connectivity index (χ3n) is 2.13. The van der Waals surface area contributed by atoms with Crippen LogP contribution in [0.2, 0.25) is 5.02 Å². The highest BCUT2D eigenvalue weighted by molar-refractivity contribution is 6.30. The van der Waals surface area contributed by atoms with Crippen molar-refractivity contribution in [2.75, 3.05) is 5.43 Å². The first-order valence-electron chi connectivity index (χ1n) is 5.05. The Kier molecular flexibility index (Phi) is 3.73. The predicted octanol–water partition coefficient (Wildman–Crippen LogP) is 3.93. The van der Waals surface area contributed by atoms with Crippen LogP contribution >= 0.6 is 11.6 Å². The summed E-state index contributed by atoms with van der Waals surface area (Å²) < 4.78 is 13.2. The van der Waals surface area contributed by atoms with Gasteiger partial charge in [-0.1, -0.05) is 35.9 Å². The molecule has 4 heteroatoms. The van der Waals surface area contributed by atoms with Crippen LogP contribution in [0, 0.1) is 5.82 Å². The molecule has 0 aliphatic heterocycles. The lowest BCUT2D eigenvalue weighted by atomic mass is 10.2. The van der Waals surface area contributed by atoms with E-state index in [1.165, 1.54) is 12.3 Å². The van der Waals surface area contributed by atoms with Crippen molar-refractivity contribution in [2.24, 2.45) is 5.10 Å². The first kappa shape index (κ1) is 11.6. The smallest absolute Gasteiger partial charge is 0.132 e. The third kappa shape index (κ3) is 3.29. The van der Waals surface area contributed by atoms with Gasteiger partial charge in [0.25, 0.3) is 0 Å². The summed E-state index contributed by atoms with van der Waals surface area (Å²) in [6, 6.07) is 13.6. The van der Waals surface area contributed by atoms with Gasteiger partial charge in [0.05, 0.1) is 11.9 Å². The van der Waals surface area contributed by atoms with E-state index >= 15 is 0 Å². The van der Waals surface area contributed by atoms with Crippen LogP contribution < -0.4 is 5.43 Å². The van der Waals surface area contributed by atoms with Crippen LogP contribution in [0.4, 0.5) is 10.1 Å². The molecule has 0 fully saturated rings. The second-order valence-corrected chi connectivity index (χ2v) is 3.84. The van der Waals surface area contributed by atoms with Crippen molar-refractivity contribution in [1.29, 1.82) is 0 Å². The molecule has 0 saturated carbocycles. The Labute approximate surface area is 104 Å². The Hall–Kier alpha value is -1.87. The Balaban J connectivity index is 2.06. The lowest BCUT2D eigenvalue weighted by Gasteiger charge is -2.00. The van der Waals surface area contributed by atoms with Crippen LogP contribution in [-0.2, 0) is 0 Å². The summed E-state index contributed by atoms with van der Waals surface area (Å²) >= 11 is 5.81. The number of nitrogens with one attached hydrogen (secondary N) is 1. The van der Waals surface area contributed by atoms with Crippen LogP contribution in [0.15, 0.2) is 53.6 Å². The summed E-state index contributed by atoms with van der Waals surface area (Å²) in [7, 11) is 0. The molecule has 2 aromatic carbocycles. The Morgan fingerprint density at radius 3 is 2.71 bits per heavy atom. The first-order valence-corrected chi connectivity index (χ1v) is 5.43. The molecule has 0 heterocycles. The van der Waals surface area contributed by atoms with Crippen LogP contribution in [0.25, 0.3) is 0 Å². The van der Waals surface area contributed by atoms with Crippen molar-refractivity contribution in [3.63, 3.8) is 0 Å². The standard InChI is InChI=1S/C13H10ClFN2/c14-11-5-3-6-12(8-11)17-16-9-10-4-1-2-7-13(10)15/h1-9,17H. The molecular formula is C13H10ClFN2. The lowest BCUT2D eigenvalue weighted by molar-refractivity contribution is 0.626. The van der Waals surface area contributed by atoms with Gasteiger partial charge in [-0.25, -0.2) is 4.39 Å². The molecule has 0 saturated heterocycles. The average Bonchev–Trinajstić information content (AvgIpc) is 2.32. The monoisotopic (exact) mass is 248 g/mol. The summed E-state index contributed by atoms with van der Waals surface area (Å²) in [5.74, 6) is -0.302. The maximum atomic E-state index is 13.2. The summed E-state index contributed by atoms with van der Waals surface area (Å²) in [5.41, 5.74) is 3.97. The van der Waals surface area contributed by atoms with Crippen molar-refractivity contribution < 1.29 is 4.39 Å². The molecule has 17 heavy (non-hydrogen) atoms. The van der Waals surface area contributed by atoms with Crippen LogP contribution in [0.3, 0.4) is 0 Å². The average molecular weight is 249 g/mol. The van der Waals surface area contributed by atoms with E-state index < -0.39 is 0 Å². The highest BCUT2D eigenvalue weighted by Gasteiger charge is 1.95. The van der Waals surface area contributed by atoms with Crippen molar-refractivity contribution in [3.8, 4) is 0 Å². The van der Waals surface area contributed by atoms with Gasteiger partial charge in [-0.15, -0.1) is 0 Å². The Bertz CT molecular complexity index is 540. The molecule has 0 aliphatic rings. The maximum Gasteiger partial charge on any atom is 0.132 e. The normalized spacial score (nSPS) is 10.7. The van der Waals surface area contributed by atoms with E-state index in [9.17, 15) is 4.39 Å².